The summed E-state index contributed by atoms with van der Waals surface area (Å²) >= 11 is 3.32. The zero-order valence-electron chi connectivity index (χ0n) is 9.95. The first kappa shape index (κ1) is 13.9. The number of hydrogen-bond acceptors (Lipinski definition) is 2. The molecular weight excluding hydrogens is 321 g/mol. The van der Waals surface area contributed by atoms with Crippen molar-refractivity contribution < 1.29 is 13.2 Å². The van der Waals surface area contributed by atoms with Gasteiger partial charge in [-0.1, -0.05) is 22.0 Å². The number of rotatable bonds is 2. The molecule has 0 saturated carbocycles. The molecule has 0 radical (unpaired) electrons. The van der Waals surface area contributed by atoms with Crippen LogP contribution in [0, 0.1) is 0 Å². The fraction of sp³-hybridized carbons (Fsp3) is 0.154. The summed E-state index contributed by atoms with van der Waals surface area (Å²) in [5.74, 6) is 0.243. The first-order chi connectivity index (χ1) is 8.88. The number of anilines is 2. The number of alkyl halides is 3. The molecular formula is C13H10BrF3N2. The van der Waals surface area contributed by atoms with E-state index in [2.05, 4.69) is 20.9 Å². The molecule has 1 heterocycles. The van der Waals surface area contributed by atoms with Crippen molar-refractivity contribution in [3.63, 3.8) is 0 Å². The van der Waals surface area contributed by atoms with Gasteiger partial charge in [0, 0.05) is 23.4 Å². The molecule has 2 rings (SSSR count). The highest BCUT2D eigenvalue weighted by atomic mass is 79.9. The van der Waals surface area contributed by atoms with E-state index in [1.165, 1.54) is 0 Å². The van der Waals surface area contributed by atoms with Crippen molar-refractivity contribution in [2.45, 2.75) is 6.18 Å². The molecule has 0 atom stereocenters. The third-order valence-electron chi connectivity index (χ3n) is 2.61. The predicted octanol–water partition coefficient (Wildman–Crippen LogP) is 4.63. The minimum atomic E-state index is -4.37. The number of halogens is 4. The van der Waals surface area contributed by atoms with Crippen LogP contribution in [0.3, 0.4) is 0 Å². The summed E-state index contributed by atoms with van der Waals surface area (Å²) < 4.78 is 38.8. The van der Waals surface area contributed by atoms with E-state index in [1.807, 2.05) is 18.2 Å². The van der Waals surface area contributed by atoms with Crippen LogP contribution in [-0.4, -0.2) is 12.0 Å². The Morgan fingerprint density at radius 3 is 2.53 bits per heavy atom. The molecule has 0 fully saturated rings. The molecule has 6 heteroatoms. The second kappa shape index (κ2) is 5.21. The molecule has 100 valence electrons. The lowest BCUT2D eigenvalue weighted by Crippen LogP contribution is -2.13. The summed E-state index contributed by atoms with van der Waals surface area (Å²) in [6.45, 7) is 0. The van der Waals surface area contributed by atoms with Gasteiger partial charge in [0.2, 0.25) is 0 Å². The van der Waals surface area contributed by atoms with Crippen molar-refractivity contribution >= 4 is 27.4 Å². The smallest absolute Gasteiger partial charge is 0.329 e. The summed E-state index contributed by atoms with van der Waals surface area (Å²) in [5, 5.41) is 0. The summed E-state index contributed by atoms with van der Waals surface area (Å²) in [5.41, 5.74) is 0.0422. The van der Waals surface area contributed by atoms with Crippen LogP contribution in [0.1, 0.15) is 5.56 Å². The molecule has 0 unspecified atom stereocenters. The Kier molecular flexibility index (Phi) is 3.80. The zero-order valence-corrected chi connectivity index (χ0v) is 11.5. The van der Waals surface area contributed by atoms with Crippen molar-refractivity contribution in [3.8, 4) is 0 Å². The van der Waals surface area contributed by atoms with Crippen molar-refractivity contribution in [2.24, 2.45) is 0 Å². The van der Waals surface area contributed by atoms with Gasteiger partial charge in [0.15, 0.2) is 0 Å². The fourth-order valence-corrected chi connectivity index (χ4v) is 1.98. The maximum absolute atomic E-state index is 12.6. The van der Waals surface area contributed by atoms with E-state index in [0.29, 0.717) is 0 Å². The molecule has 1 aromatic heterocycles. The average molecular weight is 331 g/mol. The second-order valence-corrected chi connectivity index (χ2v) is 4.86. The molecule has 0 bridgehead atoms. The van der Waals surface area contributed by atoms with Gasteiger partial charge in [0.05, 0.1) is 5.56 Å². The lowest BCUT2D eigenvalue weighted by atomic mass is 10.2. The van der Waals surface area contributed by atoms with E-state index in [4.69, 9.17) is 0 Å². The third-order valence-corrected chi connectivity index (χ3v) is 3.11. The molecule has 0 N–H and O–H groups in total. The molecule has 2 nitrogen and oxygen atoms in total. The van der Waals surface area contributed by atoms with Gasteiger partial charge in [-0.3, -0.25) is 0 Å². The van der Waals surface area contributed by atoms with Gasteiger partial charge in [0.25, 0.3) is 0 Å². The van der Waals surface area contributed by atoms with E-state index >= 15 is 0 Å². The van der Waals surface area contributed by atoms with Crippen LogP contribution in [0.4, 0.5) is 24.7 Å². The van der Waals surface area contributed by atoms with Gasteiger partial charge in [-0.2, -0.15) is 13.2 Å². The molecule has 0 aliphatic rings. The normalized spacial score (nSPS) is 11.4. The quantitative estimate of drug-likeness (QED) is 0.798. The number of benzene rings is 1. The first-order valence-corrected chi connectivity index (χ1v) is 6.20. The monoisotopic (exact) mass is 330 g/mol. The highest BCUT2D eigenvalue weighted by Gasteiger charge is 2.31. The molecule has 0 aliphatic carbocycles. The van der Waals surface area contributed by atoms with Crippen LogP contribution in [-0.2, 0) is 6.18 Å². The Morgan fingerprint density at radius 1 is 1.16 bits per heavy atom. The van der Waals surface area contributed by atoms with Crippen LogP contribution in [0.15, 0.2) is 47.1 Å². The highest BCUT2D eigenvalue weighted by molar-refractivity contribution is 9.10. The number of pyridine rings is 1. The van der Waals surface area contributed by atoms with E-state index < -0.39 is 11.7 Å². The first-order valence-electron chi connectivity index (χ1n) is 5.40. The molecule has 19 heavy (non-hydrogen) atoms. The van der Waals surface area contributed by atoms with Gasteiger partial charge in [-0.05, 0) is 30.3 Å². The molecule has 1 aromatic carbocycles. The van der Waals surface area contributed by atoms with E-state index in [9.17, 15) is 13.2 Å². The van der Waals surface area contributed by atoms with Crippen molar-refractivity contribution in [1.29, 1.82) is 0 Å². The maximum atomic E-state index is 12.6. The lowest BCUT2D eigenvalue weighted by Gasteiger charge is -2.19. The Labute approximate surface area is 117 Å². The number of nitrogens with zero attached hydrogens (tertiary/aromatic N) is 2. The van der Waals surface area contributed by atoms with Crippen LogP contribution in [0.2, 0.25) is 0 Å². The van der Waals surface area contributed by atoms with Gasteiger partial charge in [-0.25, -0.2) is 4.98 Å². The third kappa shape index (κ3) is 3.26. The summed E-state index contributed by atoms with van der Waals surface area (Å²) in [6.07, 6.45) is -3.21. The van der Waals surface area contributed by atoms with Gasteiger partial charge >= 0.3 is 6.18 Å². The summed E-state index contributed by atoms with van der Waals surface area (Å²) in [6, 6.07) is 9.24. The lowest BCUT2D eigenvalue weighted by molar-refractivity contribution is -0.137. The number of aromatic nitrogens is 1. The molecule has 0 saturated heterocycles. The van der Waals surface area contributed by atoms with Crippen LogP contribution in [0.5, 0.6) is 0 Å². The standard InChI is InChI=1S/C13H10BrF3N2/c1-19(11-4-2-3-10(14)8-11)12-7-9(5-6-18-12)13(15,16)17/h2-8H,1H3. The van der Waals surface area contributed by atoms with Crippen LogP contribution in [0.25, 0.3) is 0 Å². The molecule has 0 spiro atoms. The molecule has 0 aliphatic heterocycles. The number of hydrogen-bond donors (Lipinski definition) is 0. The Bertz CT molecular complexity index is 584. The van der Waals surface area contributed by atoms with Crippen molar-refractivity contribution in [3.05, 3.63) is 52.6 Å². The van der Waals surface area contributed by atoms with Crippen LogP contribution < -0.4 is 4.90 Å². The Hall–Kier alpha value is -1.56. The summed E-state index contributed by atoms with van der Waals surface area (Å²) in [7, 11) is 1.67. The second-order valence-electron chi connectivity index (χ2n) is 3.94. The van der Waals surface area contributed by atoms with Gasteiger partial charge in [-0.15, -0.1) is 0 Å². The van der Waals surface area contributed by atoms with Crippen molar-refractivity contribution in [1.82, 2.24) is 4.98 Å². The average Bonchev–Trinajstić information content (AvgIpc) is 2.37. The minimum absolute atomic E-state index is 0.243. The van der Waals surface area contributed by atoms with E-state index in [1.54, 1.807) is 18.0 Å². The Morgan fingerprint density at radius 2 is 1.89 bits per heavy atom. The van der Waals surface area contributed by atoms with Gasteiger partial charge in [0.1, 0.15) is 5.82 Å². The summed E-state index contributed by atoms with van der Waals surface area (Å²) in [4.78, 5) is 5.57. The minimum Gasteiger partial charge on any atom is -0.329 e. The van der Waals surface area contributed by atoms with E-state index in [-0.39, 0.29) is 5.82 Å². The topological polar surface area (TPSA) is 16.1 Å². The molecule has 2 aromatic rings. The highest BCUT2D eigenvalue weighted by Crippen LogP contribution is 2.32. The van der Waals surface area contributed by atoms with E-state index in [0.717, 1.165) is 28.5 Å². The molecule has 0 amide bonds. The maximum Gasteiger partial charge on any atom is 0.416 e. The van der Waals surface area contributed by atoms with Gasteiger partial charge < -0.3 is 4.90 Å². The Balaban J connectivity index is 2.37. The van der Waals surface area contributed by atoms with Crippen molar-refractivity contribution in [2.75, 3.05) is 11.9 Å². The fourth-order valence-electron chi connectivity index (χ4n) is 1.60. The van der Waals surface area contributed by atoms with Crippen LogP contribution >= 0.6 is 15.9 Å². The predicted molar refractivity (Wildman–Crippen MR) is 71.4 cm³/mol. The SMILES string of the molecule is CN(c1cccc(Br)c1)c1cc(C(F)(F)F)ccn1. The largest absolute Gasteiger partial charge is 0.416 e. The zero-order chi connectivity index (χ0) is 14.0.